The number of hydrogen-bond acceptors (Lipinski definition) is 5. The molecule has 2 aromatic carbocycles. The lowest BCUT2D eigenvalue weighted by molar-refractivity contribution is -0.120. The second kappa shape index (κ2) is 8.44. The topological polar surface area (TPSA) is 79.9 Å². The molecule has 0 unspecified atom stereocenters. The van der Waals surface area contributed by atoms with Crippen molar-refractivity contribution in [3.63, 3.8) is 0 Å². The fourth-order valence-corrected chi connectivity index (χ4v) is 3.16. The molecule has 0 aromatic heterocycles. The van der Waals surface area contributed by atoms with E-state index in [0.717, 1.165) is 25.1 Å². The van der Waals surface area contributed by atoms with E-state index in [-0.39, 0.29) is 12.5 Å². The predicted octanol–water partition coefficient (Wildman–Crippen LogP) is 1.92. The summed E-state index contributed by atoms with van der Waals surface area (Å²) < 4.78 is 10.3. The van der Waals surface area contributed by atoms with Gasteiger partial charge in [0.25, 0.3) is 11.8 Å². The molecule has 2 amide bonds. The lowest BCUT2D eigenvalue weighted by Crippen LogP contribution is -2.47. The first-order valence-electron chi connectivity index (χ1n) is 8.76. The molecule has 1 heterocycles. The number of carbonyl (C=O) groups excluding carboxylic acids is 2. The summed E-state index contributed by atoms with van der Waals surface area (Å²) in [6, 6.07) is 12.9. The van der Waals surface area contributed by atoms with E-state index in [1.165, 1.54) is 19.8 Å². The van der Waals surface area contributed by atoms with Crippen LogP contribution >= 0.6 is 0 Å². The molecule has 0 spiro atoms. The van der Waals surface area contributed by atoms with Crippen molar-refractivity contribution in [2.75, 3.05) is 32.2 Å². The van der Waals surface area contributed by atoms with Crippen LogP contribution in [0.3, 0.4) is 0 Å². The van der Waals surface area contributed by atoms with Gasteiger partial charge in [-0.05, 0) is 42.7 Å². The second-order valence-corrected chi connectivity index (χ2v) is 6.23. The zero-order valence-electron chi connectivity index (χ0n) is 15.5. The van der Waals surface area contributed by atoms with Gasteiger partial charge in [0.2, 0.25) is 0 Å². The molecule has 0 saturated carbocycles. The number of para-hydroxylation sites is 1. The van der Waals surface area contributed by atoms with Crippen molar-refractivity contribution >= 4 is 17.5 Å². The number of ether oxygens (including phenoxy) is 2. The van der Waals surface area contributed by atoms with Gasteiger partial charge in [0, 0.05) is 17.8 Å². The minimum atomic E-state index is -0.427. The quantitative estimate of drug-likeness (QED) is 0.787. The lowest BCUT2D eigenvalue weighted by Gasteiger charge is -2.30. The van der Waals surface area contributed by atoms with Gasteiger partial charge in [-0.3, -0.25) is 20.4 Å². The number of methoxy groups -OCH3 is 2. The van der Waals surface area contributed by atoms with E-state index in [1.807, 2.05) is 23.1 Å². The number of nitrogens with one attached hydrogen (secondary N) is 2. The molecule has 1 aliphatic rings. The molecule has 0 radical (unpaired) electrons. The van der Waals surface area contributed by atoms with Gasteiger partial charge in [-0.25, -0.2) is 0 Å². The minimum absolute atomic E-state index is 0.184. The molecular formula is C20H23N3O4. The maximum Gasteiger partial charge on any atom is 0.269 e. The molecule has 7 heteroatoms. The molecule has 7 nitrogen and oxygen atoms in total. The van der Waals surface area contributed by atoms with Crippen LogP contribution in [0.15, 0.2) is 42.5 Å². The highest BCUT2D eigenvalue weighted by Crippen LogP contribution is 2.27. The number of fused-ring (bicyclic) bond motifs is 1. The number of nitrogens with zero attached hydrogens (tertiary/aromatic N) is 1. The van der Waals surface area contributed by atoms with E-state index in [0.29, 0.717) is 17.1 Å². The standard InChI is InChI=1S/C20H23N3O4/c1-26-17-10-9-15(12-18(17)27-2)20(25)22-21-19(24)13-23-11-5-7-14-6-3-4-8-16(14)23/h3-4,6,8-10,12H,5,7,11,13H2,1-2H3,(H,21,24)(H,22,25). The van der Waals surface area contributed by atoms with Crippen LogP contribution in [-0.2, 0) is 11.2 Å². The third kappa shape index (κ3) is 4.31. The van der Waals surface area contributed by atoms with Crippen molar-refractivity contribution in [2.24, 2.45) is 0 Å². The summed E-state index contributed by atoms with van der Waals surface area (Å²) in [5.74, 6) is 0.270. The maximum absolute atomic E-state index is 12.3. The van der Waals surface area contributed by atoms with Gasteiger partial charge < -0.3 is 14.4 Å². The van der Waals surface area contributed by atoms with Crippen LogP contribution in [0.1, 0.15) is 22.3 Å². The van der Waals surface area contributed by atoms with Crippen molar-refractivity contribution in [1.29, 1.82) is 0 Å². The SMILES string of the molecule is COc1ccc(C(=O)NNC(=O)CN2CCCc3ccccc32)cc1OC. The lowest BCUT2D eigenvalue weighted by atomic mass is 10.0. The van der Waals surface area contributed by atoms with Crippen molar-refractivity contribution < 1.29 is 19.1 Å². The Hall–Kier alpha value is -3.22. The van der Waals surface area contributed by atoms with Crippen LogP contribution < -0.4 is 25.2 Å². The van der Waals surface area contributed by atoms with E-state index in [9.17, 15) is 9.59 Å². The van der Waals surface area contributed by atoms with Crippen molar-refractivity contribution in [2.45, 2.75) is 12.8 Å². The van der Waals surface area contributed by atoms with Gasteiger partial charge in [-0.15, -0.1) is 0 Å². The fourth-order valence-electron chi connectivity index (χ4n) is 3.16. The number of benzene rings is 2. The Bertz CT molecular complexity index is 838. The molecule has 0 aliphatic carbocycles. The first kappa shape index (κ1) is 18.6. The number of carbonyl (C=O) groups is 2. The molecule has 3 rings (SSSR count). The van der Waals surface area contributed by atoms with Crippen molar-refractivity contribution in [3.8, 4) is 11.5 Å². The summed E-state index contributed by atoms with van der Waals surface area (Å²) in [5, 5.41) is 0. The molecule has 0 atom stereocenters. The molecule has 0 fully saturated rings. The van der Waals surface area contributed by atoms with Crippen LogP contribution in [0.5, 0.6) is 11.5 Å². The number of rotatable bonds is 5. The normalized spacial score (nSPS) is 12.7. The Kier molecular flexibility index (Phi) is 5.80. The summed E-state index contributed by atoms with van der Waals surface area (Å²) >= 11 is 0. The second-order valence-electron chi connectivity index (χ2n) is 6.23. The fraction of sp³-hybridized carbons (Fsp3) is 0.300. The number of amides is 2. The highest BCUT2D eigenvalue weighted by atomic mass is 16.5. The van der Waals surface area contributed by atoms with E-state index >= 15 is 0 Å². The number of anilines is 1. The van der Waals surface area contributed by atoms with Gasteiger partial charge >= 0.3 is 0 Å². The molecule has 1 aliphatic heterocycles. The molecule has 2 N–H and O–H groups in total. The zero-order chi connectivity index (χ0) is 19.2. The molecule has 27 heavy (non-hydrogen) atoms. The zero-order valence-corrected chi connectivity index (χ0v) is 15.5. The van der Waals surface area contributed by atoms with Crippen LogP contribution in [0, 0.1) is 0 Å². The van der Waals surface area contributed by atoms with E-state index in [1.54, 1.807) is 18.2 Å². The van der Waals surface area contributed by atoms with E-state index < -0.39 is 5.91 Å². The Labute approximate surface area is 158 Å². The molecular weight excluding hydrogens is 346 g/mol. The first-order chi connectivity index (χ1) is 13.1. The number of hydrogen-bond donors (Lipinski definition) is 2. The summed E-state index contributed by atoms with van der Waals surface area (Å²) in [6.07, 6.45) is 2.02. The number of aryl methyl sites for hydroxylation is 1. The summed E-state index contributed by atoms with van der Waals surface area (Å²) in [7, 11) is 3.02. The third-order valence-electron chi connectivity index (χ3n) is 4.50. The highest BCUT2D eigenvalue weighted by molar-refractivity contribution is 5.96. The highest BCUT2D eigenvalue weighted by Gasteiger charge is 2.19. The third-order valence-corrected chi connectivity index (χ3v) is 4.50. The van der Waals surface area contributed by atoms with E-state index in [2.05, 4.69) is 16.9 Å². The minimum Gasteiger partial charge on any atom is -0.493 e. The summed E-state index contributed by atoms with van der Waals surface area (Å²) in [5.41, 5.74) is 7.59. The average molecular weight is 369 g/mol. The Morgan fingerprint density at radius 1 is 1.04 bits per heavy atom. The van der Waals surface area contributed by atoms with Crippen molar-refractivity contribution in [1.82, 2.24) is 10.9 Å². The number of hydrazine groups is 1. The molecule has 142 valence electrons. The van der Waals surface area contributed by atoms with Crippen LogP contribution in [0.4, 0.5) is 5.69 Å². The van der Waals surface area contributed by atoms with Crippen LogP contribution in [0.25, 0.3) is 0 Å². The largest absolute Gasteiger partial charge is 0.493 e. The van der Waals surface area contributed by atoms with Crippen LogP contribution in [0.2, 0.25) is 0 Å². The van der Waals surface area contributed by atoms with Crippen molar-refractivity contribution in [3.05, 3.63) is 53.6 Å². The maximum atomic E-state index is 12.3. The first-order valence-corrected chi connectivity index (χ1v) is 8.76. The molecule has 0 bridgehead atoms. The Morgan fingerprint density at radius 2 is 1.81 bits per heavy atom. The van der Waals surface area contributed by atoms with Gasteiger partial charge in [0.15, 0.2) is 11.5 Å². The molecule has 2 aromatic rings. The average Bonchev–Trinajstić information content (AvgIpc) is 2.71. The van der Waals surface area contributed by atoms with Gasteiger partial charge in [-0.2, -0.15) is 0 Å². The van der Waals surface area contributed by atoms with Gasteiger partial charge in [0.1, 0.15) is 0 Å². The summed E-state index contributed by atoms with van der Waals surface area (Å²) in [4.78, 5) is 26.6. The molecule has 0 saturated heterocycles. The van der Waals surface area contributed by atoms with E-state index in [4.69, 9.17) is 9.47 Å². The van der Waals surface area contributed by atoms with Crippen LogP contribution in [-0.4, -0.2) is 39.1 Å². The predicted molar refractivity (Wildman–Crippen MR) is 102 cm³/mol. The van der Waals surface area contributed by atoms with Gasteiger partial charge in [0.05, 0.1) is 20.8 Å². The Balaban J connectivity index is 1.57. The monoisotopic (exact) mass is 369 g/mol. The smallest absolute Gasteiger partial charge is 0.269 e. The van der Waals surface area contributed by atoms with Gasteiger partial charge in [-0.1, -0.05) is 18.2 Å². The summed E-state index contributed by atoms with van der Waals surface area (Å²) in [6.45, 7) is 0.997. The Morgan fingerprint density at radius 3 is 2.59 bits per heavy atom.